The van der Waals surface area contributed by atoms with E-state index in [1.807, 2.05) is 60.7 Å². The van der Waals surface area contributed by atoms with Crippen molar-refractivity contribution in [1.82, 2.24) is 9.55 Å². The average Bonchev–Trinajstić information content (AvgIpc) is 3.51. The molecule has 6 nitrogen and oxygen atoms in total. The standard InChI is InChI=1S/C34H31N3O3S/c38-29(35-28-16-8-12-23-10-2-4-14-26(23)28)22-41-33-36-31-27-15-5-3-11-24(27)20-34(17-6-1-7-18-34)30(31)32(39)37(33)21-25-13-9-19-40-25/h2-5,8-16,19H,1,6-7,17-18,20-22H2,(H,35,38). The van der Waals surface area contributed by atoms with Crippen LogP contribution in [0.3, 0.4) is 0 Å². The number of nitrogens with one attached hydrogen (secondary N) is 1. The van der Waals surface area contributed by atoms with Crippen LogP contribution in [0.2, 0.25) is 0 Å². The second-order valence-corrected chi connectivity index (χ2v) is 12.1. The highest BCUT2D eigenvalue weighted by Gasteiger charge is 2.43. The smallest absolute Gasteiger partial charge is 0.258 e. The quantitative estimate of drug-likeness (QED) is 0.175. The Morgan fingerprint density at radius 2 is 1.76 bits per heavy atom. The van der Waals surface area contributed by atoms with E-state index >= 15 is 0 Å². The molecule has 0 radical (unpaired) electrons. The van der Waals surface area contributed by atoms with Crippen molar-refractivity contribution in [2.45, 2.75) is 55.6 Å². The predicted molar refractivity (Wildman–Crippen MR) is 164 cm³/mol. The molecule has 5 aromatic rings. The SMILES string of the molecule is O=C(CSc1nc2c(c(=O)n1Cc1ccco1)C1(CCCCC1)Cc1ccccc1-2)Nc1cccc2ccccc12. The third-order valence-corrected chi connectivity index (χ3v) is 9.54. The van der Waals surface area contributed by atoms with Crippen LogP contribution in [0.1, 0.15) is 49.0 Å². The molecule has 206 valence electrons. The van der Waals surface area contributed by atoms with E-state index in [0.717, 1.165) is 65.4 Å². The van der Waals surface area contributed by atoms with Gasteiger partial charge in [-0.3, -0.25) is 14.2 Å². The van der Waals surface area contributed by atoms with Crippen molar-refractivity contribution in [2.75, 3.05) is 11.1 Å². The first kappa shape index (κ1) is 25.8. The number of carbonyl (C=O) groups is 1. The number of nitrogens with zero attached hydrogens (tertiary/aromatic N) is 2. The lowest BCUT2D eigenvalue weighted by atomic mass is 9.62. The van der Waals surface area contributed by atoms with Crippen LogP contribution in [0.25, 0.3) is 22.0 Å². The molecule has 1 saturated carbocycles. The second kappa shape index (κ2) is 10.7. The first-order valence-corrected chi connectivity index (χ1v) is 15.3. The molecule has 0 unspecified atom stereocenters. The van der Waals surface area contributed by atoms with Gasteiger partial charge in [-0.15, -0.1) is 0 Å². The fraction of sp³-hybridized carbons (Fsp3) is 0.265. The minimum absolute atomic E-state index is 0.0141. The molecule has 2 aliphatic rings. The first-order chi connectivity index (χ1) is 20.1. The van der Waals surface area contributed by atoms with E-state index < -0.39 is 0 Å². The minimum atomic E-state index is -0.203. The Hall–Kier alpha value is -4.10. The van der Waals surface area contributed by atoms with Gasteiger partial charge >= 0.3 is 0 Å². The summed E-state index contributed by atoms with van der Waals surface area (Å²) in [6, 6.07) is 25.9. The van der Waals surface area contributed by atoms with Crippen LogP contribution < -0.4 is 10.9 Å². The summed E-state index contributed by atoms with van der Waals surface area (Å²) in [6.07, 6.45) is 7.90. The largest absolute Gasteiger partial charge is 0.467 e. The van der Waals surface area contributed by atoms with Gasteiger partial charge < -0.3 is 9.73 Å². The molecule has 1 amide bonds. The molecular weight excluding hydrogens is 530 g/mol. The Labute approximate surface area is 242 Å². The number of hydrogen-bond donors (Lipinski definition) is 1. The lowest BCUT2D eigenvalue weighted by Gasteiger charge is -2.42. The first-order valence-electron chi connectivity index (χ1n) is 14.3. The summed E-state index contributed by atoms with van der Waals surface area (Å²) in [6.45, 7) is 0.275. The molecule has 0 bridgehead atoms. The van der Waals surface area contributed by atoms with Crippen LogP contribution >= 0.6 is 11.8 Å². The van der Waals surface area contributed by atoms with E-state index in [2.05, 4.69) is 23.5 Å². The number of furan rings is 1. The number of thioether (sulfide) groups is 1. The zero-order valence-corrected chi connectivity index (χ0v) is 23.6. The molecule has 0 atom stereocenters. The summed E-state index contributed by atoms with van der Waals surface area (Å²) in [4.78, 5) is 32.9. The Kier molecular flexibility index (Phi) is 6.75. The molecule has 7 heteroatoms. The highest BCUT2D eigenvalue weighted by molar-refractivity contribution is 7.99. The molecule has 2 aliphatic carbocycles. The molecule has 1 fully saturated rings. The van der Waals surface area contributed by atoms with Gasteiger partial charge in [-0.1, -0.05) is 91.7 Å². The molecule has 7 rings (SSSR count). The number of carbonyl (C=O) groups excluding carboxylic acids is 1. The van der Waals surface area contributed by atoms with Gasteiger partial charge in [-0.25, -0.2) is 4.98 Å². The van der Waals surface area contributed by atoms with Crippen LogP contribution in [0.5, 0.6) is 0 Å². The molecule has 0 saturated heterocycles. The third-order valence-electron chi connectivity index (χ3n) is 8.57. The second-order valence-electron chi connectivity index (χ2n) is 11.1. The maximum atomic E-state index is 14.5. The van der Waals surface area contributed by atoms with Crippen molar-refractivity contribution in [1.29, 1.82) is 0 Å². The Morgan fingerprint density at radius 1 is 0.951 bits per heavy atom. The van der Waals surface area contributed by atoms with Gasteiger partial charge in [0.1, 0.15) is 5.76 Å². The predicted octanol–water partition coefficient (Wildman–Crippen LogP) is 7.19. The van der Waals surface area contributed by atoms with E-state index in [9.17, 15) is 9.59 Å². The van der Waals surface area contributed by atoms with Crippen molar-refractivity contribution >= 4 is 34.1 Å². The van der Waals surface area contributed by atoms with Gasteiger partial charge in [0.2, 0.25) is 5.91 Å². The van der Waals surface area contributed by atoms with Crippen molar-refractivity contribution < 1.29 is 9.21 Å². The minimum Gasteiger partial charge on any atom is -0.467 e. The summed E-state index contributed by atoms with van der Waals surface area (Å²) in [5.74, 6) is 0.663. The number of anilines is 1. The highest BCUT2D eigenvalue weighted by Crippen LogP contribution is 2.48. The number of hydrogen-bond acceptors (Lipinski definition) is 5. The van der Waals surface area contributed by atoms with Gasteiger partial charge in [-0.2, -0.15) is 0 Å². The summed E-state index contributed by atoms with van der Waals surface area (Å²) >= 11 is 1.30. The normalized spacial score (nSPS) is 15.4. The summed E-state index contributed by atoms with van der Waals surface area (Å²) < 4.78 is 7.37. The fourth-order valence-electron chi connectivity index (χ4n) is 6.68. The van der Waals surface area contributed by atoms with Crippen molar-refractivity contribution in [3.05, 3.63) is 112 Å². The van der Waals surface area contributed by atoms with Crippen molar-refractivity contribution in [3.63, 3.8) is 0 Å². The molecule has 41 heavy (non-hydrogen) atoms. The van der Waals surface area contributed by atoms with E-state index in [1.165, 1.54) is 23.7 Å². The molecule has 2 heterocycles. The summed E-state index contributed by atoms with van der Waals surface area (Å²) in [5.41, 5.74) is 4.46. The van der Waals surface area contributed by atoms with Gasteiger partial charge in [0.15, 0.2) is 5.16 Å². The highest BCUT2D eigenvalue weighted by atomic mass is 32.2. The van der Waals surface area contributed by atoms with Gasteiger partial charge in [0.25, 0.3) is 5.56 Å². The molecule has 1 N–H and O–H groups in total. The van der Waals surface area contributed by atoms with Crippen LogP contribution in [0.15, 0.2) is 99.5 Å². The number of fused-ring (bicyclic) bond motifs is 5. The Bertz CT molecular complexity index is 1800. The van der Waals surface area contributed by atoms with E-state index in [1.54, 1.807) is 10.8 Å². The lowest BCUT2D eigenvalue weighted by molar-refractivity contribution is -0.113. The average molecular weight is 562 g/mol. The van der Waals surface area contributed by atoms with Gasteiger partial charge in [-0.05, 0) is 48.4 Å². The molecular formula is C34H31N3O3S. The maximum Gasteiger partial charge on any atom is 0.258 e. The molecule has 1 spiro atoms. The number of amides is 1. The molecule has 2 aromatic heterocycles. The van der Waals surface area contributed by atoms with Crippen LogP contribution in [-0.4, -0.2) is 21.2 Å². The van der Waals surface area contributed by atoms with Crippen molar-refractivity contribution in [2.24, 2.45) is 0 Å². The van der Waals surface area contributed by atoms with Gasteiger partial charge in [0.05, 0.1) is 29.8 Å². The number of benzene rings is 3. The zero-order valence-electron chi connectivity index (χ0n) is 22.8. The van der Waals surface area contributed by atoms with Crippen LogP contribution in [0, 0.1) is 0 Å². The van der Waals surface area contributed by atoms with Crippen molar-refractivity contribution in [3.8, 4) is 11.3 Å². The maximum absolute atomic E-state index is 14.5. The van der Waals surface area contributed by atoms with Crippen LogP contribution in [-0.2, 0) is 23.2 Å². The van der Waals surface area contributed by atoms with Gasteiger partial charge in [0, 0.05) is 22.1 Å². The van der Waals surface area contributed by atoms with E-state index in [0.29, 0.717) is 10.9 Å². The fourth-order valence-corrected chi connectivity index (χ4v) is 7.47. The lowest BCUT2D eigenvalue weighted by Crippen LogP contribution is -2.43. The monoisotopic (exact) mass is 561 g/mol. The third kappa shape index (κ3) is 4.78. The Balaban J connectivity index is 1.28. The molecule has 0 aliphatic heterocycles. The van der Waals surface area contributed by atoms with E-state index in [-0.39, 0.29) is 29.2 Å². The number of aromatic nitrogens is 2. The summed E-state index contributed by atoms with van der Waals surface area (Å²) in [7, 11) is 0. The number of rotatable bonds is 6. The van der Waals surface area contributed by atoms with Crippen LogP contribution in [0.4, 0.5) is 5.69 Å². The Morgan fingerprint density at radius 3 is 2.61 bits per heavy atom. The summed E-state index contributed by atoms with van der Waals surface area (Å²) in [5, 5.41) is 5.65. The van der Waals surface area contributed by atoms with E-state index in [4.69, 9.17) is 9.40 Å². The molecule has 3 aromatic carbocycles. The topological polar surface area (TPSA) is 77.1 Å². The zero-order chi connectivity index (χ0) is 27.8.